The van der Waals surface area contributed by atoms with Crippen LogP contribution in [0.15, 0.2) is 42.0 Å². The van der Waals surface area contributed by atoms with Gasteiger partial charge in [-0.3, -0.25) is 4.79 Å². The van der Waals surface area contributed by atoms with E-state index in [1.165, 1.54) is 5.69 Å². The highest BCUT2D eigenvalue weighted by molar-refractivity contribution is 6.02. The van der Waals surface area contributed by atoms with Gasteiger partial charge in [-0.2, -0.15) is 5.26 Å². The lowest BCUT2D eigenvalue weighted by molar-refractivity contribution is -0.118. The van der Waals surface area contributed by atoms with Crippen molar-refractivity contribution < 1.29 is 14.3 Å². The number of carbonyl (C=O) groups excluding carboxylic acids is 1. The molecular formula is C26H33N3O3. The molecule has 1 aliphatic heterocycles. The zero-order valence-electron chi connectivity index (χ0n) is 19.5. The Balaban J connectivity index is 1.72. The molecule has 0 unspecified atom stereocenters. The van der Waals surface area contributed by atoms with Crippen molar-refractivity contribution in [1.29, 1.82) is 5.26 Å². The second-order valence-electron chi connectivity index (χ2n) is 9.07. The molecule has 6 heteroatoms. The lowest BCUT2D eigenvalue weighted by atomic mass is 10.00. The summed E-state index contributed by atoms with van der Waals surface area (Å²) in [6.07, 6.45) is 2.46. The van der Waals surface area contributed by atoms with E-state index >= 15 is 0 Å². The van der Waals surface area contributed by atoms with Gasteiger partial charge in [-0.05, 0) is 74.7 Å². The maximum absolute atomic E-state index is 12.7. The van der Waals surface area contributed by atoms with Gasteiger partial charge in [-0.25, -0.2) is 0 Å². The number of hydrogen-bond acceptors (Lipinski definition) is 5. The molecule has 1 fully saturated rings. The summed E-state index contributed by atoms with van der Waals surface area (Å²) in [4.78, 5) is 15.0. The Hall–Kier alpha value is -2.88. The van der Waals surface area contributed by atoms with Gasteiger partial charge in [0.1, 0.15) is 11.6 Å². The number of nitrogens with one attached hydrogen (secondary N) is 1. The predicted molar refractivity (Wildman–Crippen MR) is 128 cm³/mol. The molecule has 170 valence electrons. The average molecular weight is 436 g/mol. The van der Waals surface area contributed by atoms with Gasteiger partial charge in [-0.15, -0.1) is 0 Å². The van der Waals surface area contributed by atoms with Crippen LogP contribution in [-0.2, 0) is 14.3 Å². The van der Waals surface area contributed by atoms with Gasteiger partial charge < -0.3 is 19.7 Å². The molecule has 0 bridgehead atoms. The van der Waals surface area contributed by atoms with E-state index in [-0.39, 0.29) is 17.6 Å². The number of rotatable bonds is 8. The first kappa shape index (κ1) is 23.8. The molecule has 0 atom stereocenters. The molecule has 2 aromatic carbocycles. The third kappa shape index (κ3) is 6.56. The third-order valence-corrected chi connectivity index (χ3v) is 5.53. The number of nitrogens with zero attached hydrogens (tertiary/aromatic N) is 2. The molecule has 1 N–H and O–H groups in total. The zero-order chi connectivity index (χ0) is 23.1. The number of morpholine rings is 1. The van der Waals surface area contributed by atoms with Crippen LogP contribution in [0.3, 0.4) is 0 Å². The number of nitriles is 1. The minimum Gasteiger partial charge on any atom is -0.379 e. The standard InChI is InChI=1S/C26H33N3O3/c1-19(2)32-12-9-26(3,4)28-25(30)23(18-27)16-20-5-6-22-17-24(8-7-21(22)15-20)29-10-13-31-14-11-29/h5-8,15-17,19H,9-14H2,1-4H3,(H,28,30)/b23-16+. The lowest BCUT2D eigenvalue weighted by Gasteiger charge is -2.29. The van der Waals surface area contributed by atoms with E-state index < -0.39 is 5.54 Å². The molecule has 2 aromatic rings. The smallest absolute Gasteiger partial charge is 0.262 e. The van der Waals surface area contributed by atoms with Crippen molar-refractivity contribution in [3.05, 3.63) is 47.5 Å². The fourth-order valence-corrected chi connectivity index (χ4v) is 3.66. The Morgan fingerprint density at radius 3 is 2.59 bits per heavy atom. The number of amides is 1. The molecule has 1 aliphatic rings. The first-order valence-corrected chi connectivity index (χ1v) is 11.2. The van der Waals surface area contributed by atoms with Gasteiger partial charge >= 0.3 is 0 Å². The van der Waals surface area contributed by atoms with Crippen molar-refractivity contribution >= 4 is 28.4 Å². The minimum absolute atomic E-state index is 0.0899. The first-order valence-electron chi connectivity index (χ1n) is 11.2. The second-order valence-corrected chi connectivity index (χ2v) is 9.07. The second kappa shape index (κ2) is 10.6. The number of carbonyl (C=O) groups is 1. The Kier molecular flexibility index (Phi) is 7.89. The SMILES string of the molecule is CC(C)OCCC(C)(C)NC(=O)/C(C#N)=C/c1ccc2cc(N3CCOCC3)ccc2c1. The quantitative estimate of drug-likeness (QED) is 0.494. The van der Waals surface area contributed by atoms with Crippen molar-refractivity contribution in [2.45, 2.75) is 45.8 Å². The van der Waals surface area contributed by atoms with Gasteiger partial charge in [0.05, 0.1) is 19.3 Å². The molecular weight excluding hydrogens is 402 g/mol. The largest absolute Gasteiger partial charge is 0.379 e. The van der Waals surface area contributed by atoms with E-state index in [4.69, 9.17) is 9.47 Å². The molecule has 1 heterocycles. The Bertz CT molecular complexity index is 1010. The zero-order valence-corrected chi connectivity index (χ0v) is 19.5. The van der Waals surface area contributed by atoms with E-state index in [0.29, 0.717) is 13.0 Å². The summed E-state index contributed by atoms with van der Waals surface area (Å²) in [5.41, 5.74) is 1.63. The molecule has 32 heavy (non-hydrogen) atoms. The fourth-order valence-electron chi connectivity index (χ4n) is 3.66. The van der Waals surface area contributed by atoms with Crippen LogP contribution in [-0.4, -0.2) is 50.5 Å². The monoisotopic (exact) mass is 435 g/mol. The van der Waals surface area contributed by atoms with Crippen LogP contribution < -0.4 is 10.2 Å². The van der Waals surface area contributed by atoms with Crippen LogP contribution in [0, 0.1) is 11.3 Å². The summed E-state index contributed by atoms with van der Waals surface area (Å²) >= 11 is 0. The van der Waals surface area contributed by atoms with Gasteiger partial charge in [0.15, 0.2) is 0 Å². The molecule has 0 saturated carbocycles. The van der Waals surface area contributed by atoms with Crippen LogP contribution in [0.2, 0.25) is 0 Å². The summed E-state index contributed by atoms with van der Waals surface area (Å²) in [7, 11) is 0. The van der Waals surface area contributed by atoms with E-state index in [0.717, 1.165) is 42.6 Å². The maximum Gasteiger partial charge on any atom is 0.262 e. The molecule has 0 aliphatic carbocycles. The highest BCUT2D eigenvalue weighted by atomic mass is 16.5. The summed E-state index contributed by atoms with van der Waals surface area (Å²) in [5, 5.41) is 14.7. The van der Waals surface area contributed by atoms with Gasteiger partial charge in [-0.1, -0.05) is 18.2 Å². The van der Waals surface area contributed by atoms with Gasteiger partial charge in [0.25, 0.3) is 5.91 Å². The molecule has 0 spiro atoms. The van der Waals surface area contributed by atoms with E-state index in [1.54, 1.807) is 6.08 Å². The van der Waals surface area contributed by atoms with Gasteiger partial charge in [0, 0.05) is 30.9 Å². The van der Waals surface area contributed by atoms with Crippen LogP contribution in [0.5, 0.6) is 0 Å². The number of ether oxygens (including phenoxy) is 2. The maximum atomic E-state index is 12.7. The molecule has 6 nitrogen and oxygen atoms in total. The molecule has 0 radical (unpaired) electrons. The normalized spacial score (nSPS) is 15.1. The van der Waals surface area contributed by atoms with Crippen molar-refractivity contribution in [3.8, 4) is 6.07 Å². The number of hydrogen-bond donors (Lipinski definition) is 1. The number of anilines is 1. The van der Waals surface area contributed by atoms with Crippen LogP contribution in [0.4, 0.5) is 5.69 Å². The van der Waals surface area contributed by atoms with E-state index in [2.05, 4.69) is 28.4 Å². The summed E-state index contributed by atoms with van der Waals surface area (Å²) in [6.45, 7) is 11.7. The summed E-state index contributed by atoms with van der Waals surface area (Å²) in [5.74, 6) is -0.371. The van der Waals surface area contributed by atoms with Crippen molar-refractivity contribution in [2.75, 3.05) is 37.8 Å². The van der Waals surface area contributed by atoms with Crippen molar-refractivity contribution in [1.82, 2.24) is 5.32 Å². The van der Waals surface area contributed by atoms with Gasteiger partial charge in [0.2, 0.25) is 0 Å². The predicted octanol–water partition coefficient (Wildman–Crippen LogP) is 4.29. The van der Waals surface area contributed by atoms with Crippen LogP contribution >= 0.6 is 0 Å². The van der Waals surface area contributed by atoms with E-state index in [9.17, 15) is 10.1 Å². The highest BCUT2D eigenvalue weighted by Crippen LogP contribution is 2.25. The molecule has 1 saturated heterocycles. The van der Waals surface area contributed by atoms with Crippen molar-refractivity contribution in [3.63, 3.8) is 0 Å². The Labute approximate surface area is 190 Å². The van der Waals surface area contributed by atoms with Crippen LogP contribution in [0.25, 0.3) is 16.8 Å². The minimum atomic E-state index is -0.471. The third-order valence-electron chi connectivity index (χ3n) is 5.53. The van der Waals surface area contributed by atoms with Crippen LogP contribution in [0.1, 0.15) is 39.7 Å². The number of fused-ring (bicyclic) bond motifs is 1. The highest BCUT2D eigenvalue weighted by Gasteiger charge is 2.22. The van der Waals surface area contributed by atoms with Crippen molar-refractivity contribution in [2.24, 2.45) is 0 Å². The van der Waals surface area contributed by atoms with E-state index in [1.807, 2.05) is 52.0 Å². The Morgan fingerprint density at radius 2 is 1.91 bits per heavy atom. The topological polar surface area (TPSA) is 74.6 Å². The summed E-state index contributed by atoms with van der Waals surface area (Å²) < 4.78 is 11.0. The molecule has 0 aromatic heterocycles. The molecule has 1 amide bonds. The first-order chi connectivity index (χ1) is 15.3. The summed E-state index contributed by atoms with van der Waals surface area (Å²) in [6, 6.07) is 14.4. The average Bonchev–Trinajstić information content (AvgIpc) is 2.76. The molecule has 3 rings (SSSR count). The lowest BCUT2D eigenvalue weighted by Crippen LogP contribution is -2.44. The Morgan fingerprint density at radius 1 is 1.22 bits per heavy atom. The number of benzene rings is 2. The fraction of sp³-hybridized carbons (Fsp3) is 0.462.